The third-order valence-electron chi connectivity index (χ3n) is 5.60. The predicted octanol–water partition coefficient (Wildman–Crippen LogP) is 3.91. The van der Waals surface area contributed by atoms with E-state index in [1.807, 2.05) is 0 Å². The van der Waals surface area contributed by atoms with Crippen LogP contribution in [0.1, 0.15) is 51.4 Å². The van der Waals surface area contributed by atoms with E-state index in [-0.39, 0.29) is 5.97 Å². The van der Waals surface area contributed by atoms with Crippen molar-refractivity contribution >= 4 is 5.97 Å². The van der Waals surface area contributed by atoms with Crippen molar-refractivity contribution in [2.75, 3.05) is 40.3 Å². The van der Waals surface area contributed by atoms with E-state index in [1.165, 1.54) is 56.8 Å². The van der Waals surface area contributed by atoms with Crippen LogP contribution in [0.5, 0.6) is 0 Å². The van der Waals surface area contributed by atoms with Crippen LogP contribution in [-0.2, 0) is 9.53 Å². The molecule has 0 amide bonds. The monoisotopic (exact) mass is 358 g/mol. The van der Waals surface area contributed by atoms with Gasteiger partial charge in [0.15, 0.2) is 0 Å². The highest BCUT2D eigenvalue weighted by Gasteiger charge is 2.22. The van der Waals surface area contributed by atoms with Gasteiger partial charge in [0.05, 0.1) is 12.7 Å². The summed E-state index contributed by atoms with van der Waals surface area (Å²) in [6.07, 6.45) is 16.4. The number of piperidine rings is 1. The van der Waals surface area contributed by atoms with Gasteiger partial charge in [-0.15, -0.1) is 0 Å². The van der Waals surface area contributed by atoms with Crippen LogP contribution < -0.4 is 0 Å². The predicted molar refractivity (Wildman–Crippen MR) is 106 cm³/mol. The van der Waals surface area contributed by atoms with Gasteiger partial charge in [-0.05, 0) is 81.7 Å². The Kier molecular flexibility index (Phi) is 6.95. The normalized spacial score (nSPS) is 22.0. The number of esters is 1. The molecule has 0 aromatic carbocycles. The van der Waals surface area contributed by atoms with Gasteiger partial charge in [0.1, 0.15) is 0 Å². The van der Waals surface area contributed by atoms with Crippen LogP contribution in [0.15, 0.2) is 35.1 Å². The first-order valence-corrected chi connectivity index (χ1v) is 10.3. The summed E-state index contributed by atoms with van der Waals surface area (Å²) >= 11 is 0. The van der Waals surface area contributed by atoms with Crippen molar-refractivity contribution in [1.29, 1.82) is 0 Å². The average molecular weight is 359 g/mol. The molecule has 3 rings (SSSR count). The van der Waals surface area contributed by atoms with Gasteiger partial charge in [-0.25, -0.2) is 4.79 Å². The first-order chi connectivity index (χ1) is 12.6. The lowest BCUT2D eigenvalue weighted by Crippen LogP contribution is -2.32. The van der Waals surface area contributed by atoms with E-state index in [9.17, 15) is 4.79 Å². The third kappa shape index (κ3) is 6.01. The first kappa shape index (κ1) is 19.2. The molecule has 0 aromatic heterocycles. The molecular weight excluding hydrogens is 324 g/mol. The molecule has 0 bridgehead atoms. The minimum absolute atomic E-state index is 0.223. The SMILES string of the molecule is COC(=O)/C(C=C1CCC1)=C/C(=C\N(C)CC1CC1)CN1CCCCC1. The van der Waals surface area contributed by atoms with E-state index in [1.54, 1.807) is 0 Å². The highest BCUT2D eigenvalue weighted by Crippen LogP contribution is 2.30. The van der Waals surface area contributed by atoms with Crippen molar-refractivity contribution in [3.63, 3.8) is 0 Å². The van der Waals surface area contributed by atoms with Crippen molar-refractivity contribution in [2.45, 2.75) is 51.4 Å². The number of carbonyl (C=O) groups is 1. The lowest BCUT2D eigenvalue weighted by Gasteiger charge is -2.27. The van der Waals surface area contributed by atoms with Crippen LogP contribution in [0.4, 0.5) is 0 Å². The van der Waals surface area contributed by atoms with Crippen molar-refractivity contribution < 1.29 is 9.53 Å². The lowest BCUT2D eigenvalue weighted by atomic mass is 9.90. The van der Waals surface area contributed by atoms with Crippen molar-refractivity contribution in [3.8, 4) is 0 Å². The molecule has 0 unspecified atom stereocenters. The van der Waals surface area contributed by atoms with Gasteiger partial charge in [-0.1, -0.05) is 12.0 Å². The number of hydrogen-bond donors (Lipinski definition) is 0. The first-order valence-electron chi connectivity index (χ1n) is 10.3. The maximum Gasteiger partial charge on any atom is 0.337 e. The Bertz CT molecular complexity index is 575. The standard InChI is InChI=1S/C22H34N2O2/c1-23(15-19-9-10-19)16-20(17-24-11-4-3-5-12-24)14-21(22(25)26-2)13-18-7-6-8-18/h13-14,16,19H,3-12,15,17H2,1-2H3/b20-16+,21-14+. The van der Waals surface area contributed by atoms with Gasteiger partial charge in [0.25, 0.3) is 0 Å². The zero-order valence-electron chi connectivity index (χ0n) is 16.5. The average Bonchev–Trinajstić information content (AvgIpc) is 3.40. The second kappa shape index (κ2) is 9.40. The number of nitrogens with zero attached hydrogens (tertiary/aromatic N) is 2. The Morgan fingerprint density at radius 1 is 1.19 bits per heavy atom. The summed E-state index contributed by atoms with van der Waals surface area (Å²) in [5, 5.41) is 0. The fourth-order valence-electron chi connectivity index (χ4n) is 3.77. The van der Waals surface area contributed by atoms with E-state index < -0.39 is 0 Å². The van der Waals surface area contributed by atoms with Crippen LogP contribution in [0.25, 0.3) is 0 Å². The van der Waals surface area contributed by atoms with Crippen LogP contribution in [0.2, 0.25) is 0 Å². The largest absolute Gasteiger partial charge is 0.465 e. The molecule has 26 heavy (non-hydrogen) atoms. The molecule has 1 aliphatic heterocycles. The van der Waals surface area contributed by atoms with Crippen LogP contribution in [0, 0.1) is 5.92 Å². The lowest BCUT2D eigenvalue weighted by molar-refractivity contribution is -0.135. The number of hydrogen-bond acceptors (Lipinski definition) is 4. The molecule has 0 N–H and O–H groups in total. The summed E-state index contributed by atoms with van der Waals surface area (Å²) < 4.78 is 5.05. The van der Waals surface area contributed by atoms with Crippen LogP contribution in [0.3, 0.4) is 0 Å². The van der Waals surface area contributed by atoms with Gasteiger partial charge >= 0.3 is 5.97 Å². The van der Waals surface area contributed by atoms with E-state index >= 15 is 0 Å². The fourth-order valence-corrected chi connectivity index (χ4v) is 3.77. The summed E-state index contributed by atoms with van der Waals surface area (Å²) in [4.78, 5) is 17.1. The van der Waals surface area contributed by atoms with Crippen LogP contribution >= 0.6 is 0 Å². The van der Waals surface area contributed by atoms with Gasteiger partial charge in [-0.2, -0.15) is 0 Å². The number of rotatable bonds is 8. The molecule has 0 spiro atoms. The van der Waals surface area contributed by atoms with Gasteiger partial charge in [-0.3, -0.25) is 4.90 Å². The zero-order chi connectivity index (χ0) is 18.4. The second-order valence-electron chi connectivity index (χ2n) is 8.17. The molecule has 144 valence electrons. The van der Waals surface area contributed by atoms with Crippen LogP contribution in [-0.4, -0.2) is 56.1 Å². The summed E-state index contributed by atoms with van der Waals surface area (Å²) in [5.74, 6) is 0.632. The van der Waals surface area contributed by atoms with Gasteiger partial charge in [0.2, 0.25) is 0 Å². The second-order valence-corrected chi connectivity index (χ2v) is 8.17. The van der Waals surface area contributed by atoms with Crippen molar-refractivity contribution in [1.82, 2.24) is 9.80 Å². The molecule has 2 aliphatic carbocycles. The Hall–Kier alpha value is -1.55. The van der Waals surface area contributed by atoms with Gasteiger partial charge in [0, 0.05) is 26.3 Å². The molecule has 0 radical (unpaired) electrons. The molecule has 1 saturated heterocycles. The minimum Gasteiger partial charge on any atom is -0.465 e. The fraction of sp³-hybridized carbons (Fsp3) is 0.682. The summed E-state index contributed by atoms with van der Waals surface area (Å²) in [6, 6.07) is 0. The minimum atomic E-state index is -0.223. The molecular formula is C22H34N2O2. The number of carbonyl (C=O) groups excluding carboxylic acids is 1. The molecule has 4 heteroatoms. The summed E-state index contributed by atoms with van der Waals surface area (Å²) in [5.41, 5.74) is 3.28. The number of ether oxygens (including phenoxy) is 1. The molecule has 3 aliphatic rings. The van der Waals surface area contributed by atoms with E-state index in [4.69, 9.17) is 4.74 Å². The molecule has 3 fully saturated rings. The molecule has 4 nitrogen and oxygen atoms in total. The maximum atomic E-state index is 12.3. The number of methoxy groups -OCH3 is 1. The highest BCUT2D eigenvalue weighted by molar-refractivity contribution is 5.92. The topological polar surface area (TPSA) is 32.8 Å². The number of allylic oxidation sites excluding steroid dienone is 1. The van der Waals surface area contributed by atoms with Crippen molar-refractivity contribution in [3.05, 3.63) is 35.1 Å². The van der Waals surface area contributed by atoms with E-state index in [0.717, 1.165) is 44.9 Å². The van der Waals surface area contributed by atoms with Gasteiger partial charge < -0.3 is 9.64 Å². The third-order valence-corrected chi connectivity index (χ3v) is 5.60. The van der Waals surface area contributed by atoms with E-state index in [0.29, 0.717) is 5.57 Å². The quantitative estimate of drug-likeness (QED) is 0.374. The molecule has 0 aromatic rings. The molecule has 2 saturated carbocycles. The Labute approximate surface area is 158 Å². The maximum absolute atomic E-state index is 12.3. The van der Waals surface area contributed by atoms with E-state index in [2.05, 4.69) is 35.2 Å². The molecule has 0 atom stereocenters. The highest BCUT2D eigenvalue weighted by atomic mass is 16.5. The zero-order valence-corrected chi connectivity index (χ0v) is 16.5. The Morgan fingerprint density at radius 2 is 1.92 bits per heavy atom. The summed E-state index contributed by atoms with van der Waals surface area (Å²) in [6.45, 7) is 4.35. The van der Waals surface area contributed by atoms with Crippen molar-refractivity contribution in [2.24, 2.45) is 5.92 Å². The Morgan fingerprint density at radius 3 is 2.50 bits per heavy atom. The summed E-state index contributed by atoms with van der Waals surface area (Å²) in [7, 11) is 3.63. The Balaban J connectivity index is 1.78. The molecule has 1 heterocycles. The smallest absolute Gasteiger partial charge is 0.337 e. The number of likely N-dealkylation sites (tertiary alicyclic amines) is 1.